The van der Waals surface area contributed by atoms with Gasteiger partial charge in [0.2, 0.25) is 11.8 Å². The first-order valence-corrected chi connectivity index (χ1v) is 10.6. The van der Waals surface area contributed by atoms with E-state index in [9.17, 15) is 19.6 Å². The Morgan fingerprint density at radius 2 is 1.68 bits per heavy atom. The van der Waals surface area contributed by atoms with Gasteiger partial charge in [0.25, 0.3) is 5.91 Å². The quantitative estimate of drug-likeness (QED) is 0.334. The zero-order valence-corrected chi connectivity index (χ0v) is 19.0. The van der Waals surface area contributed by atoms with Crippen molar-refractivity contribution in [1.29, 1.82) is 0 Å². The summed E-state index contributed by atoms with van der Waals surface area (Å²) in [5.74, 6) is -3.24. The normalized spacial score (nSPS) is 14.4. The number of nitrogens with zero attached hydrogens (tertiary/aromatic N) is 1. The average molecular weight is 433 g/mol. The maximum atomic E-state index is 13.2. The van der Waals surface area contributed by atoms with E-state index in [0.29, 0.717) is 6.54 Å². The number of amides is 3. The van der Waals surface area contributed by atoms with E-state index in [-0.39, 0.29) is 18.3 Å². The maximum absolute atomic E-state index is 13.2. The first kappa shape index (κ1) is 26.3. The molecule has 0 radical (unpaired) electrons. The van der Waals surface area contributed by atoms with E-state index in [1.807, 2.05) is 64.1 Å². The number of hydrogen-bond donors (Lipinski definition) is 4. The van der Waals surface area contributed by atoms with Crippen molar-refractivity contribution in [1.82, 2.24) is 15.9 Å². The van der Waals surface area contributed by atoms with E-state index in [1.165, 1.54) is 5.01 Å². The number of carbonyl (C=O) groups excluding carboxylic acids is 3. The molecule has 1 aromatic carbocycles. The van der Waals surface area contributed by atoms with Gasteiger partial charge in [-0.25, -0.2) is 5.48 Å². The van der Waals surface area contributed by atoms with Crippen molar-refractivity contribution >= 4 is 23.8 Å². The Bertz CT molecular complexity index is 747. The van der Waals surface area contributed by atoms with Crippen LogP contribution in [0.4, 0.5) is 0 Å². The fraction of sp³-hybridized carbons (Fsp3) is 0.522. The van der Waals surface area contributed by atoms with Crippen molar-refractivity contribution < 1.29 is 19.6 Å². The Morgan fingerprint density at radius 1 is 1.06 bits per heavy atom. The largest absolute Gasteiger partial charge is 0.320 e. The Kier molecular flexibility index (Phi) is 10.9. The molecule has 0 unspecified atom stereocenters. The monoisotopic (exact) mass is 432 g/mol. The molecule has 0 aliphatic heterocycles. The second-order valence-electron chi connectivity index (χ2n) is 8.51. The summed E-state index contributed by atoms with van der Waals surface area (Å²) in [7, 11) is 0. The van der Waals surface area contributed by atoms with Gasteiger partial charge < -0.3 is 5.73 Å². The number of carbonyl (C=O) groups is 3. The van der Waals surface area contributed by atoms with Gasteiger partial charge in [0.15, 0.2) is 0 Å². The molecular formula is C23H36N4O4. The SMILES string of the molecule is CC(C)CN(NC(=O)[C@H](C(C)C)[C@H](CC=Cc1ccccc1)C(=O)NO)C(=O)[C@@H](C)N. The lowest BCUT2D eigenvalue weighted by molar-refractivity contribution is -0.149. The van der Waals surface area contributed by atoms with Crippen LogP contribution in [0.25, 0.3) is 6.08 Å². The highest BCUT2D eigenvalue weighted by Crippen LogP contribution is 2.26. The molecule has 172 valence electrons. The van der Waals surface area contributed by atoms with Crippen molar-refractivity contribution in [2.75, 3.05) is 6.54 Å². The Labute approximate surface area is 184 Å². The molecule has 3 atom stereocenters. The number of benzene rings is 1. The van der Waals surface area contributed by atoms with Crippen molar-refractivity contribution in [3.8, 4) is 0 Å². The third-order valence-electron chi connectivity index (χ3n) is 4.85. The minimum atomic E-state index is -0.823. The molecule has 3 amide bonds. The Hall–Kier alpha value is -2.71. The Morgan fingerprint density at radius 3 is 2.16 bits per heavy atom. The molecule has 1 aromatic rings. The van der Waals surface area contributed by atoms with E-state index in [2.05, 4.69) is 5.43 Å². The topological polar surface area (TPSA) is 125 Å². The molecule has 0 saturated carbocycles. The number of nitrogens with two attached hydrogens (primary N) is 1. The first-order chi connectivity index (χ1) is 14.6. The van der Waals surface area contributed by atoms with Gasteiger partial charge >= 0.3 is 0 Å². The number of rotatable bonds is 10. The van der Waals surface area contributed by atoms with Crippen LogP contribution in [0.2, 0.25) is 0 Å². The molecule has 8 nitrogen and oxygen atoms in total. The molecule has 5 N–H and O–H groups in total. The molecule has 0 aromatic heterocycles. The highest BCUT2D eigenvalue weighted by molar-refractivity contribution is 5.89. The molecule has 31 heavy (non-hydrogen) atoms. The minimum Gasteiger partial charge on any atom is -0.320 e. The lowest BCUT2D eigenvalue weighted by Crippen LogP contribution is -2.56. The molecule has 1 rings (SSSR count). The maximum Gasteiger partial charge on any atom is 0.257 e. The second kappa shape index (κ2) is 12.9. The predicted octanol–water partition coefficient (Wildman–Crippen LogP) is 2.35. The summed E-state index contributed by atoms with van der Waals surface area (Å²) in [6.07, 6.45) is 3.90. The van der Waals surface area contributed by atoms with Gasteiger partial charge in [-0.1, -0.05) is 70.2 Å². The van der Waals surface area contributed by atoms with Gasteiger partial charge in [0.1, 0.15) is 0 Å². The predicted molar refractivity (Wildman–Crippen MR) is 120 cm³/mol. The molecule has 0 saturated heterocycles. The van der Waals surface area contributed by atoms with Crippen molar-refractivity contribution in [3.63, 3.8) is 0 Å². The summed E-state index contributed by atoms with van der Waals surface area (Å²) in [6, 6.07) is 8.79. The third kappa shape index (κ3) is 8.51. The van der Waals surface area contributed by atoms with Crippen molar-refractivity contribution in [3.05, 3.63) is 42.0 Å². The van der Waals surface area contributed by atoms with Gasteiger partial charge in [0.05, 0.1) is 17.9 Å². The van der Waals surface area contributed by atoms with E-state index < -0.39 is 35.6 Å². The number of hydrogen-bond acceptors (Lipinski definition) is 5. The fourth-order valence-corrected chi connectivity index (χ4v) is 3.37. The number of hydrazine groups is 1. The molecule has 0 bridgehead atoms. The lowest BCUT2D eigenvalue weighted by atomic mass is 9.80. The molecule has 0 aliphatic rings. The summed E-state index contributed by atoms with van der Waals surface area (Å²) in [5.41, 5.74) is 11.0. The summed E-state index contributed by atoms with van der Waals surface area (Å²) < 4.78 is 0. The van der Waals surface area contributed by atoms with Gasteiger partial charge in [-0.15, -0.1) is 0 Å². The summed E-state index contributed by atoms with van der Waals surface area (Å²) in [4.78, 5) is 38.1. The minimum absolute atomic E-state index is 0.103. The third-order valence-corrected chi connectivity index (χ3v) is 4.85. The summed E-state index contributed by atoms with van der Waals surface area (Å²) in [6.45, 7) is 9.33. The van der Waals surface area contributed by atoms with Crippen LogP contribution in [-0.2, 0) is 14.4 Å². The molecule has 8 heteroatoms. The van der Waals surface area contributed by atoms with Gasteiger partial charge in [-0.05, 0) is 30.7 Å². The van der Waals surface area contributed by atoms with Crippen LogP contribution in [0.15, 0.2) is 36.4 Å². The summed E-state index contributed by atoms with van der Waals surface area (Å²) >= 11 is 0. The highest BCUT2D eigenvalue weighted by atomic mass is 16.5. The molecule has 0 heterocycles. The summed E-state index contributed by atoms with van der Waals surface area (Å²) in [5, 5.41) is 10.5. The van der Waals surface area contributed by atoms with Crippen molar-refractivity contribution in [2.24, 2.45) is 29.4 Å². The Balaban J connectivity index is 3.09. The zero-order valence-electron chi connectivity index (χ0n) is 19.0. The average Bonchev–Trinajstić information content (AvgIpc) is 2.71. The zero-order chi connectivity index (χ0) is 23.6. The van der Waals surface area contributed by atoms with Crippen molar-refractivity contribution in [2.45, 2.75) is 47.1 Å². The van der Waals surface area contributed by atoms with Crippen LogP contribution in [0.5, 0.6) is 0 Å². The smallest absolute Gasteiger partial charge is 0.257 e. The van der Waals surface area contributed by atoms with E-state index >= 15 is 0 Å². The second-order valence-corrected chi connectivity index (χ2v) is 8.51. The molecular weight excluding hydrogens is 396 g/mol. The molecule has 0 fully saturated rings. The van der Waals surface area contributed by atoms with Crippen LogP contribution in [-0.4, -0.2) is 40.5 Å². The van der Waals surface area contributed by atoms with Crippen LogP contribution >= 0.6 is 0 Å². The number of hydroxylamine groups is 1. The lowest BCUT2D eigenvalue weighted by Gasteiger charge is -2.32. The van der Waals surface area contributed by atoms with Gasteiger partial charge in [-0.2, -0.15) is 0 Å². The van der Waals surface area contributed by atoms with Gasteiger partial charge in [-0.3, -0.25) is 30.0 Å². The fourth-order valence-electron chi connectivity index (χ4n) is 3.37. The van der Waals surface area contributed by atoms with Crippen LogP contribution in [0.3, 0.4) is 0 Å². The first-order valence-electron chi connectivity index (χ1n) is 10.6. The molecule has 0 spiro atoms. The highest BCUT2D eigenvalue weighted by Gasteiger charge is 2.36. The molecule has 0 aliphatic carbocycles. The van der Waals surface area contributed by atoms with E-state index in [1.54, 1.807) is 18.5 Å². The van der Waals surface area contributed by atoms with Crippen LogP contribution in [0.1, 0.15) is 46.6 Å². The van der Waals surface area contributed by atoms with Gasteiger partial charge in [0, 0.05) is 6.54 Å². The van der Waals surface area contributed by atoms with E-state index in [4.69, 9.17) is 5.73 Å². The van der Waals surface area contributed by atoms with Crippen LogP contribution in [0, 0.1) is 23.7 Å². The van der Waals surface area contributed by atoms with Crippen LogP contribution < -0.4 is 16.6 Å². The van der Waals surface area contributed by atoms with E-state index in [0.717, 1.165) is 5.56 Å². The number of allylic oxidation sites excluding steroid dienone is 1. The standard InChI is InChI=1S/C23H36N4O4/c1-15(2)14-27(23(30)17(5)24)25-22(29)20(16(3)4)19(21(28)26-31)13-9-12-18-10-7-6-8-11-18/h6-12,15-17,19-20,31H,13-14,24H2,1-5H3,(H,25,29)(H,26,28)/t17-,19+,20-/m1/s1. The number of nitrogens with one attached hydrogen (secondary N) is 2.